The molecule has 1 saturated heterocycles. The molecule has 1 aliphatic heterocycles. The first-order valence-corrected chi connectivity index (χ1v) is 7.84. The molecule has 1 aliphatic rings. The maximum absolute atomic E-state index is 12.2. The summed E-state index contributed by atoms with van der Waals surface area (Å²) in [5, 5.41) is 3.32. The second-order valence-electron chi connectivity index (χ2n) is 5.04. The average molecular weight is 315 g/mol. The zero-order chi connectivity index (χ0) is 13.7. The molecule has 1 aromatic carbocycles. The van der Waals surface area contributed by atoms with E-state index in [4.69, 9.17) is 0 Å². The van der Waals surface area contributed by atoms with Crippen LogP contribution >= 0.6 is 24.2 Å². The molecule has 0 atom stereocenters. The molecule has 2 rings (SSSR count). The molecule has 0 aliphatic carbocycles. The summed E-state index contributed by atoms with van der Waals surface area (Å²) in [7, 11) is 0. The Morgan fingerprint density at radius 2 is 2.10 bits per heavy atom. The number of carbonyl (C=O) groups excluding carboxylic acids is 1. The Kier molecular flexibility index (Phi) is 7.41. The Labute approximate surface area is 131 Å². The lowest BCUT2D eigenvalue weighted by Gasteiger charge is -2.19. The van der Waals surface area contributed by atoms with Crippen LogP contribution in [-0.2, 0) is 4.79 Å². The third-order valence-electron chi connectivity index (χ3n) is 3.39. The second-order valence-corrected chi connectivity index (χ2v) is 6.06. The van der Waals surface area contributed by atoms with Crippen LogP contribution in [-0.4, -0.2) is 42.7 Å². The van der Waals surface area contributed by atoms with E-state index < -0.39 is 0 Å². The lowest BCUT2D eigenvalue weighted by molar-refractivity contribution is -0.128. The molecular formula is C15H23ClN2OS. The standard InChI is InChI=1S/C15H22N2OS.ClH/c1-12-4-5-13(2)14(10-12)19-11-15(18)17-8-3-6-16-7-9-17;/h4-5,10,16H,3,6-9,11H2,1-2H3;1H. The van der Waals surface area contributed by atoms with Crippen LogP contribution in [0.1, 0.15) is 17.5 Å². The summed E-state index contributed by atoms with van der Waals surface area (Å²) in [6.07, 6.45) is 1.06. The molecule has 0 bridgehead atoms. The van der Waals surface area contributed by atoms with Gasteiger partial charge in [0.15, 0.2) is 0 Å². The molecule has 1 N–H and O–H groups in total. The summed E-state index contributed by atoms with van der Waals surface area (Å²) in [5.74, 6) is 0.805. The van der Waals surface area contributed by atoms with Gasteiger partial charge in [0, 0.05) is 24.5 Å². The third kappa shape index (κ3) is 5.00. The van der Waals surface area contributed by atoms with E-state index in [1.165, 1.54) is 16.0 Å². The Morgan fingerprint density at radius 1 is 1.30 bits per heavy atom. The zero-order valence-corrected chi connectivity index (χ0v) is 13.8. The Bertz CT molecular complexity index is 445. The number of hydrogen-bond donors (Lipinski definition) is 1. The predicted octanol–water partition coefficient (Wildman–Crippen LogP) is 2.64. The highest BCUT2D eigenvalue weighted by atomic mass is 35.5. The lowest BCUT2D eigenvalue weighted by atomic mass is 10.2. The van der Waals surface area contributed by atoms with Crippen molar-refractivity contribution in [1.82, 2.24) is 10.2 Å². The van der Waals surface area contributed by atoms with Crippen molar-refractivity contribution in [3.8, 4) is 0 Å². The van der Waals surface area contributed by atoms with Gasteiger partial charge in [0.05, 0.1) is 5.75 Å². The lowest BCUT2D eigenvalue weighted by Crippen LogP contribution is -2.35. The van der Waals surface area contributed by atoms with Gasteiger partial charge in [0.2, 0.25) is 5.91 Å². The van der Waals surface area contributed by atoms with Crippen molar-refractivity contribution < 1.29 is 4.79 Å². The fourth-order valence-corrected chi connectivity index (χ4v) is 3.22. The van der Waals surface area contributed by atoms with Gasteiger partial charge in [-0.05, 0) is 38.4 Å². The third-order valence-corrected chi connectivity index (χ3v) is 4.53. The van der Waals surface area contributed by atoms with E-state index in [0.717, 1.165) is 32.6 Å². The van der Waals surface area contributed by atoms with E-state index in [2.05, 4.69) is 37.4 Å². The van der Waals surface area contributed by atoms with E-state index in [0.29, 0.717) is 5.75 Å². The molecule has 0 radical (unpaired) electrons. The summed E-state index contributed by atoms with van der Waals surface area (Å²) >= 11 is 1.66. The molecule has 0 spiro atoms. The predicted molar refractivity (Wildman–Crippen MR) is 88.0 cm³/mol. The molecule has 3 nitrogen and oxygen atoms in total. The fraction of sp³-hybridized carbons (Fsp3) is 0.533. The van der Waals surface area contributed by atoms with E-state index in [1.54, 1.807) is 11.8 Å². The van der Waals surface area contributed by atoms with Crippen LogP contribution in [0, 0.1) is 13.8 Å². The van der Waals surface area contributed by atoms with Gasteiger partial charge in [-0.25, -0.2) is 0 Å². The second kappa shape index (κ2) is 8.55. The smallest absolute Gasteiger partial charge is 0.232 e. The minimum atomic E-state index is 0. The van der Waals surface area contributed by atoms with Crippen LogP contribution in [0.15, 0.2) is 23.1 Å². The quantitative estimate of drug-likeness (QED) is 0.871. The van der Waals surface area contributed by atoms with E-state index in [1.807, 2.05) is 4.90 Å². The van der Waals surface area contributed by atoms with Crippen LogP contribution in [0.5, 0.6) is 0 Å². The van der Waals surface area contributed by atoms with Crippen LogP contribution in [0.25, 0.3) is 0 Å². The van der Waals surface area contributed by atoms with Crippen molar-refractivity contribution in [1.29, 1.82) is 0 Å². The fourth-order valence-electron chi connectivity index (χ4n) is 2.19. The SMILES string of the molecule is Cc1ccc(C)c(SCC(=O)N2CCCNCC2)c1.Cl. The van der Waals surface area contributed by atoms with Gasteiger partial charge in [0.25, 0.3) is 0 Å². The number of benzene rings is 1. The summed E-state index contributed by atoms with van der Waals surface area (Å²) < 4.78 is 0. The summed E-state index contributed by atoms with van der Waals surface area (Å²) in [6.45, 7) is 7.85. The summed E-state index contributed by atoms with van der Waals surface area (Å²) in [6, 6.07) is 6.40. The number of aryl methyl sites for hydroxylation is 2. The molecule has 0 saturated carbocycles. The van der Waals surface area contributed by atoms with Crippen molar-refractivity contribution in [3.63, 3.8) is 0 Å². The first-order valence-electron chi connectivity index (χ1n) is 6.85. The van der Waals surface area contributed by atoms with Gasteiger partial charge in [-0.2, -0.15) is 0 Å². The summed E-state index contributed by atoms with van der Waals surface area (Å²) in [5.41, 5.74) is 2.50. The number of rotatable bonds is 3. The highest BCUT2D eigenvalue weighted by Crippen LogP contribution is 2.23. The molecule has 1 fully saturated rings. The van der Waals surface area contributed by atoms with E-state index in [-0.39, 0.29) is 18.3 Å². The van der Waals surface area contributed by atoms with Gasteiger partial charge >= 0.3 is 0 Å². The van der Waals surface area contributed by atoms with Crippen molar-refractivity contribution in [2.45, 2.75) is 25.2 Å². The molecule has 5 heteroatoms. The minimum absolute atomic E-state index is 0. The van der Waals surface area contributed by atoms with Crippen molar-refractivity contribution in [3.05, 3.63) is 29.3 Å². The maximum atomic E-state index is 12.2. The molecule has 20 heavy (non-hydrogen) atoms. The molecule has 1 heterocycles. The number of nitrogens with zero attached hydrogens (tertiary/aromatic N) is 1. The normalized spacial score (nSPS) is 15.4. The zero-order valence-electron chi connectivity index (χ0n) is 12.1. The minimum Gasteiger partial charge on any atom is -0.341 e. The molecular weight excluding hydrogens is 292 g/mol. The first kappa shape index (κ1) is 17.3. The maximum Gasteiger partial charge on any atom is 0.232 e. The highest BCUT2D eigenvalue weighted by molar-refractivity contribution is 8.00. The van der Waals surface area contributed by atoms with Gasteiger partial charge < -0.3 is 10.2 Å². The average Bonchev–Trinajstić information content (AvgIpc) is 2.68. The van der Waals surface area contributed by atoms with Crippen LogP contribution < -0.4 is 5.32 Å². The van der Waals surface area contributed by atoms with E-state index >= 15 is 0 Å². The molecule has 112 valence electrons. The largest absolute Gasteiger partial charge is 0.341 e. The number of thioether (sulfide) groups is 1. The Balaban J connectivity index is 0.00000200. The Morgan fingerprint density at radius 3 is 2.90 bits per heavy atom. The number of amides is 1. The molecule has 0 aromatic heterocycles. The molecule has 1 amide bonds. The molecule has 1 aromatic rings. The Hall–Kier alpha value is -0.710. The van der Waals surface area contributed by atoms with Gasteiger partial charge in [-0.15, -0.1) is 24.2 Å². The van der Waals surface area contributed by atoms with Crippen LogP contribution in [0.2, 0.25) is 0 Å². The molecule has 0 unspecified atom stereocenters. The number of hydrogen-bond acceptors (Lipinski definition) is 3. The topological polar surface area (TPSA) is 32.3 Å². The van der Waals surface area contributed by atoms with Crippen molar-refractivity contribution >= 4 is 30.1 Å². The van der Waals surface area contributed by atoms with Gasteiger partial charge in [0.1, 0.15) is 0 Å². The van der Waals surface area contributed by atoms with Gasteiger partial charge in [-0.1, -0.05) is 17.7 Å². The number of nitrogens with one attached hydrogen (secondary N) is 1. The van der Waals surface area contributed by atoms with Crippen molar-refractivity contribution in [2.75, 3.05) is 31.9 Å². The monoisotopic (exact) mass is 314 g/mol. The van der Waals surface area contributed by atoms with Crippen LogP contribution in [0.3, 0.4) is 0 Å². The highest BCUT2D eigenvalue weighted by Gasteiger charge is 2.15. The first-order chi connectivity index (χ1) is 9.16. The number of halogens is 1. The van der Waals surface area contributed by atoms with Crippen LogP contribution in [0.4, 0.5) is 0 Å². The number of carbonyl (C=O) groups is 1. The van der Waals surface area contributed by atoms with E-state index in [9.17, 15) is 4.79 Å². The summed E-state index contributed by atoms with van der Waals surface area (Å²) in [4.78, 5) is 15.4. The van der Waals surface area contributed by atoms with Gasteiger partial charge in [-0.3, -0.25) is 4.79 Å². The van der Waals surface area contributed by atoms with Crippen molar-refractivity contribution in [2.24, 2.45) is 0 Å².